The topological polar surface area (TPSA) is 69.9 Å². The first-order valence-corrected chi connectivity index (χ1v) is 9.34. The van der Waals surface area contributed by atoms with Crippen molar-refractivity contribution in [2.75, 3.05) is 27.2 Å². The summed E-state index contributed by atoms with van der Waals surface area (Å²) in [5.41, 5.74) is 0.889. The molecule has 0 aliphatic rings. The van der Waals surface area contributed by atoms with E-state index < -0.39 is 0 Å². The molecule has 1 unspecified atom stereocenters. The average molecular weight is 539 g/mol. The Hall–Kier alpha value is -1.45. The maximum atomic E-state index is 11.9. The molecule has 0 bridgehead atoms. The van der Waals surface area contributed by atoms with Crippen LogP contribution in [0.15, 0.2) is 46.0 Å². The number of benzene rings is 1. The second-order valence-electron chi connectivity index (χ2n) is 6.24. The summed E-state index contributed by atoms with van der Waals surface area (Å²) in [5.74, 6) is 1.31. The van der Waals surface area contributed by atoms with Gasteiger partial charge in [0.25, 0.3) is 0 Å². The summed E-state index contributed by atoms with van der Waals surface area (Å²) in [5, 5.41) is 7.65. The highest BCUT2D eigenvalue weighted by Crippen LogP contribution is 2.25. The van der Waals surface area contributed by atoms with Crippen LogP contribution >= 0.6 is 47.2 Å². The van der Waals surface area contributed by atoms with E-state index in [4.69, 9.17) is 27.6 Å². The Morgan fingerprint density at radius 1 is 1.29 bits per heavy atom. The number of carbonyl (C=O) groups excluding carboxylic acids is 1. The molecule has 2 N–H and O–H groups in total. The van der Waals surface area contributed by atoms with E-state index >= 15 is 0 Å². The third-order valence-electron chi connectivity index (χ3n) is 3.90. The average Bonchev–Trinajstić information content (AvgIpc) is 3.12. The number of nitrogens with zero attached hydrogens (tertiary/aromatic N) is 2. The van der Waals surface area contributed by atoms with Crippen molar-refractivity contribution in [1.29, 1.82) is 0 Å². The zero-order chi connectivity index (χ0) is 19.8. The van der Waals surface area contributed by atoms with Gasteiger partial charge in [-0.1, -0.05) is 29.3 Å². The van der Waals surface area contributed by atoms with E-state index in [1.165, 1.54) is 4.90 Å². The van der Waals surface area contributed by atoms with Crippen LogP contribution in [0.5, 0.6) is 0 Å². The summed E-state index contributed by atoms with van der Waals surface area (Å²) in [4.78, 5) is 17.8. The molecule has 9 heteroatoms. The zero-order valence-electron chi connectivity index (χ0n) is 16.0. The van der Waals surface area contributed by atoms with Crippen molar-refractivity contribution in [3.63, 3.8) is 0 Å². The highest BCUT2D eigenvalue weighted by atomic mass is 127. The molecule has 0 radical (unpaired) electrons. The number of rotatable bonds is 7. The Labute approximate surface area is 192 Å². The van der Waals surface area contributed by atoms with Crippen molar-refractivity contribution in [2.24, 2.45) is 4.99 Å². The number of aliphatic imine (C=N–C) groups is 1. The number of hydrogen-bond donors (Lipinski definition) is 2. The first kappa shape index (κ1) is 24.6. The summed E-state index contributed by atoms with van der Waals surface area (Å²) in [6, 6.07) is 9.00. The fraction of sp³-hybridized carbons (Fsp3) is 0.368. The van der Waals surface area contributed by atoms with Gasteiger partial charge in [-0.2, -0.15) is 0 Å². The van der Waals surface area contributed by atoms with Crippen molar-refractivity contribution >= 4 is 59.0 Å². The molecule has 0 saturated heterocycles. The lowest BCUT2D eigenvalue weighted by Crippen LogP contribution is -2.40. The molecule has 2 aromatic rings. The summed E-state index contributed by atoms with van der Waals surface area (Å²) in [6.07, 6.45) is 2.34. The molecule has 0 fully saturated rings. The number of carbonyl (C=O) groups is 1. The molecule has 28 heavy (non-hydrogen) atoms. The predicted molar refractivity (Wildman–Crippen MR) is 125 cm³/mol. The molecule has 1 atom stereocenters. The lowest BCUT2D eigenvalue weighted by molar-refractivity contribution is -0.127. The third kappa shape index (κ3) is 7.89. The minimum atomic E-state index is -0.126. The van der Waals surface area contributed by atoms with Crippen molar-refractivity contribution < 1.29 is 9.21 Å². The van der Waals surface area contributed by atoms with Crippen LogP contribution in [0.25, 0.3) is 0 Å². The van der Waals surface area contributed by atoms with Crippen LogP contribution in [0.3, 0.4) is 0 Å². The fourth-order valence-electron chi connectivity index (χ4n) is 2.34. The second-order valence-corrected chi connectivity index (χ2v) is 7.08. The number of halogens is 3. The van der Waals surface area contributed by atoms with E-state index in [2.05, 4.69) is 15.6 Å². The van der Waals surface area contributed by atoms with Crippen LogP contribution in [0, 0.1) is 0 Å². The van der Waals surface area contributed by atoms with Crippen LogP contribution in [-0.2, 0) is 11.2 Å². The van der Waals surface area contributed by atoms with Crippen LogP contribution in [0.1, 0.15) is 24.3 Å². The largest absolute Gasteiger partial charge is 0.469 e. The molecular weight excluding hydrogens is 514 g/mol. The minimum Gasteiger partial charge on any atom is -0.469 e. The van der Waals surface area contributed by atoms with E-state index in [9.17, 15) is 4.79 Å². The first-order chi connectivity index (χ1) is 12.9. The van der Waals surface area contributed by atoms with Crippen molar-refractivity contribution in [3.8, 4) is 0 Å². The molecule has 154 valence electrons. The molecule has 6 nitrogen and oxygen atoms in total. The lowest BCUT2D eigenvalue weighted by Gasteiger charge is -2.20. The van der Waals surface area contributed by atoms with E-state index in [1.807, 2.05) is 25.1 Å². The highest BCUT2D eigenvalue weighted by molar-refractivity contribution is 14.0. The summed E-state index contributed by atoms with van der Waals surface area (Å²) >= 11 is 12.3. The maximum absolute atomic E-state index is 11.9. The molecule has 0 spiro atoms. The van der Waals surface area contributed by atoms with Crippen LogP contribution in [0.2, 0.25) is 10.0 Å². The number of likely N-dealkylation sites (N-methyl/N-ethyl adjacent to an activating group) is 1. The predicted octanol–water partition coefficient (Wildman–Crippen LogP) is 4.13. The highest BCUT2D eigenvalue weighted by Gasteiger charge is 2.13. The SMILES string of the molecule is CC(NC(=NCC(=O)N(C)C)NCCc1ccco1)c1ccc(Cl)cc1Cl.I. The molecule has 1 amide bonds. The van der Waals surface area contributed by atoms with Gasteiger partial charge in [0.2, 0.25) is 5.91 Å². The van der Waals surface area contributed by atoms with Crippen LogP contribution in [-0.4, -0.2) is 44.0 Å². The Bertz CT molecular complexity index is 782. The van der Waals surface area contributed by atoms with E-state index in [0.717, 1.165) is 11.3 Å². The number of hydrogen-bond acceptors (Lipinski definition) is 3. The van der Waals surface area contributed by atoms with Gasteiger partial charge in [0.05, 0.1) is 12.3 Å². The van der Waals surface area contributed by atoms with Crippen molar-refractivity contribution in [1.82, 2.24) is 15.5 Å². The fourth-order valence-corrected chi connectivity index (χ4v) is 2.91. The lowest BCUT2D eigenvalue weighted by atomic mass is 10.1. The van der Waals surface area contributed by atoms with E-state index in [0.29, 0.717) is 29.0 Å². The minimum absolute atomic E-state index is 0. The standard InChI is InChI=1S/C19H24Cl2N4O2.HI/c1-13(16-7-6-14(20)11-17(16)21)24-19(23-12-18(26)25(2)3)22-9-8-15-5-4-10-27-15;/h4-7,10-11,13H,8-9,12H2,1-3H3,(H2,22,23,24);1H. The molecular formula is C19H25Cl2IN4O2. The number of nitrogens with one attached hydrogen (secondary N) is 2. The Morgan fingerprint density at radius 3 is 2.64 bits per heavy atom. The van der Waals surface area contributed by atoms with Crippen molar-refractivity contribution in [3.05, 3.63) is 58.0 Å². The Kier molecular flexibility index (Phi) is 10.7. The number of furan rings is 1. The summed E-state index contributed by atoms with van der Waals surface area (Å²) < 4.78 is 5.33. The third-order valence-corrected chi connectivity index (χ3v) is 4.46. The monoisotopic (exact) mass is 538 g/mol. The number of amides is 1. The first-order valence-electron chi connectivity index (χ1n) is 8.59. The van der Waals surface area contributed by atoms with Crippen LogP contribution < -0.4 is 10.6 Å². The smallest absolute Gasteiger partial charge is 0.243 e. The van der Waals surface area contributed by atoms with E-state index in [-0.39, 0.29) is 42.5 Å². The van der Waals surface area contributed by atoms with Gasteiger partial charge in [-0.3, -0.25) is 4.79 Å². The molecule has 1 aromatic carbocycles. The molecule has 0 aliphatic heterocycles. The van der Waals surface area contributed by atoms with Gasteiger partial charge in [0, 0.05) is 37.1 Å². The van der Waals surface area contributed by atoms with Gasteiger partial charge in [-0.15, -0.1) is 24.0 Å². The zero-order valence-corrected chi connectivity index (χ0v) is 19.9. The maximum Gasteiger partial charge on any atom is 0.243 e. The Balaban J connectivity index is 0.00000392. The number of guanidine groups is 1. The molecule has 1 heterocycles. The molecule has 2 rings (SSSR count). The van der Waals surface area contributed by atoms with Gasteiger partial charge in [0.15, 0.2) is 5.96 Å². The van der Waals surface area contributed by atoms with Gasteiger partial charge < -0.3 is 20.0 Å². The van der Waals surface area contributed by atoms with Gasteiger partial charge in [-0.05, 0) is 36.8 Å². The Morgan fingerprint density at radius 2 is 2.04 bits per heavy atom. The van der Waals surface area contributed by atoms with Gasteiger partial charge >= 0.3 is 0 Å². The molecule has 0 aliphatic carbocycles. The normalized spacial score (nSPS) is 12.1. The van der Waals surface area contributed by atoms with Crippen LogP contribution in [0.4, 0.5) is 0 Å². The van der Waals surface area contributed by atoms with Crippen molar-refractivity contribution in [2.45, 2.75) is 19.4 Å². The molecule has 1 aromatic heterocycles. The van der Waals surface area contributed by atoms with Gasteiger partial charge in [0.1, 0.15) is 12.3 Å². The second kappa shape index (κ2) is 12.2. The van der Waals surface area contributed by atoms with Gasteiger partial charge in [-0.25, -0.2) is 4.99 Å². The quantitative estimate of drug-likeness (QED) is 0.316. The van der Waals surface area contributed by atoms with E-state index in [1.54, 1.807) is 32.5 Å². The molecule has 0 saturated carbocycles. The summed E-state index contributed by atoms with van der Waals surface area (Å²) in [7, 11) is 3.40. The summed E-state index contributed by atoms with van der Waals surface area (Å²) in [6.45, 7) is 2.62.